The molecule has 0 aliphatic heterocycles. The van der Waals surface area contributed by atoms with Crippen LogP contribution in [-0.4, -0.2) is 17.9 Å². The van der Waals surface area contributed by atoms with E-state index in [4.69, 9.17) is 0 Å². The van der Waals surface area contributed by atoms with E-state index in [0.717, 1.165) is 0 Å². The molecule has 1 N–H and O–H groups in total. The van der Waals surface area contributed by atoms with Crippen molar-refractivity contribution < 1.29 is 18.5 Å². The molecule has 0 saturated carbocycles. The van der Waals surface area contributed by atoms with Gasteiger partial charge in [0.1, 0.15) is 5.82 Å². The van der Waals surface area contributed by atoms with Gasteiger partial charge < -0.3 is 5.32 Å². The number of nitrogens with zero attached hydrogens (tertiary/aromatic N) is 1. The van der Waals surface area contributed by atoms with Gasteiger partial charge in [-0.05, 0) is 6.07 Å². The second kappa shape index (κ2) is 3.99. The summed E-state index contributed by atoms with van der Waals surface area (Å²) in [5.74, 6) is -3.23. The third-order valence-corrected chi connectivity index (χ3v) is 1.70. The third kappa shape index (κ3) is 2.06. The second-order valence-electron chi connectivity index (χ2n) is 2.62. The molecule has 80 valence electrons. The summed E-state index contributed by atoms with van der Waals surface area (Å²) in [4.78, 5) is 20.1. The first-order chi connectivity index (χ1) is 6.97. The summed E-state index contributed by atoms with van der Waals surface area (Å²) >= 11 is 0. The zero-order valence-electron chi connectivity index (χ0n) is 7.58. The first-order valence-corrected chi connectivity index (χ1v) is 3.83. The number of rotatable bonds is 2. The number of carbonyl (C=O) groups is 1. The molecule has 0 aromatic heterocycles. The smallest absolute Gasteiger partial charge is 0.307 e. The Bertz CT molecular complexity index is 434. The number of hydrogen-bond donors (Lipinski definition) is 1. The Morgan fingerprint density at radius 1 is 1.40 bits per heavy atom. The van der Waals surface area contributed by atoms with Gasteiger partial charge in [-0.1, -0.05) is 0 Å². The molecule has 0 radical (unpaired) electrons. The Morgan fingerprint density at radius 2 is 2.00 bits per heavy atom. The molecule has 1 rings (SSSR count). The molecular weight excluding hydrogens is 210 g/mol. The minimum atomic E-state index is -1.25. The monoisotopic (exact) mass is 216 g/mol. The van der Waals surface area contributed by atoms with E-state index in [-0.39, 0.29) is 0 Å². The van der Waals surface area contributed by atoms with Crippen molar-refractivity contribution in [3.05, 3.63) is 39.4 Å². The summed E-state index contributed by atoms with van der Waals surface area (Å²) in [6, 6.07) is 0.867. The molecule has 0 aliphatic rings. The number of hydrogen-bond acceptors (Lipinski definition) is 3. The lowest BCUT2D eigenvalue weighted by atomic mass is 10.1. The van der Waals surface area contributed by atoms with Gasteiger partial charge in [0.25, 0.3) is 5.91 Å². The fraction of sp³-hybridized carbons (Fsp3) is 0.125. The molecule has 0 atom stereocenters. The van der Waals surface area contributed by atoms with E-state index in [1.54, 1.807) is 0 Å². The van der Waals surface area contributed by atoms with E-state index in [9.17, 15) is 23.7 Å². The molecule has 0 saturated heterocycles. The van der Waals surface area contributed by atoms with E-state index in [1.807, 2.05) is 0 Å². The Labute approximate surface area is 82.9 Å². The van der Waals surface area contributed by atoms with Gasteiger partial charge in [-0.15, -0.1) is 0 Å². The lowest BCUT2D eigenvalue weighted by Gasteiger charge is -2.01. The van der Waals surface area contributed by atoms with Crippen LogP contribution in [0.25, 0.3) is 0 Å². The average Bonchev–Trinajstić information content (AvgIpc) is 2.19. The second-order valence-corrected chi connectivity index (χ2v) is 2.62. The standard InChI is InChI=1S/C8H6F2N2O3/c1-11-8(13)4-2-6(10)7(12(14)15)3-5(4)9/h2-3H,1H3,(H,11,13). The summed E-state index contributed by atoms with van der Waals surface area (Å²) < 4.78 is 26.1. The van der Waals surface area contributed by atoms with E-state index in [1.165, 1.54) is 7.05 Å². The van der Waals surface area contributed by atoms with Gasteiger partial charge in [-0.25, -0.2) is 4.39 Å². The first-order valence-electron chi connectivity index (χ1n) is 3.83. The van der Waals surface area contributed by atoms with Crippen molar-refractivity contribution in [3.63, 3.8) is 0 Å². The van der Waals surface area contributed by atoms with E-state index in [2.05, 4.69) is 5.32 Å². The van der Waals surface area contributed by atoms with Crippen LogP contribution in [0.3, 0.4) is 0 Å². The summed E-state index contributed by atoms with van der Waals surface area (Å²) in [5.41, 5.74) is -1.57. The highest BCUT2D eigenvalue weighted by molar-refractivity contribution is 5.94. The van der Waals surface area contributed by atoms with Gasteiger partial charge in [0.2, 0.25) is 5.82 Å². The molecule has 0 aliphatic carbocycles. The largest absolute Gasteiger partial charge is 0.355 e. The van der Waals surface area contributed by atoms with Gasteiger partial charge in [0, 0.05) is 7.05 Å². The van der Waals surface area contributed by atoms with Crippen LogP contribution >= 0.6 is 0 Å². The summed E-state index contributed by atoms with van der Waals surface area (Å²) in [6.45, 7) is 0. The van der Waals surface area contributed by atoms with Crippen molar-refractivity contribution in [2.24, 2.45) is 0 Å². The van der Waals surface area contributed by atoms with Crippen LogP contribution in [0.5, 0.6) is 0 Å². The van der Waals surface area contributed by atoms with Crippen LogP contribution in [-0.2, 0) is 0 Å². The van der Waals surface area contributed by atoms with Crippen LogP contribution < -0.4 is 5.32 Å². The molecule has 1 aromatic carbocycles. The number of nitrogens with one attached hydrogen (secondary N) is 1. The minimum absolute atomic E-state index is 0.375. The van der Waals surface area contributed by atoms with Crippen LogP contribution in [0.4, 0.5) is 14.5 Å². The van der Waals surface area contributed by atoms with Crippen molar-refractivity contribution in [1.29, 1.82) is 0 Å². The highest BCUT2D eigenvalue weighted by Gasteiger charge is 2.21. The van der Waals surface area contributed by atoms with Gasteiger partial charge in [0.15, 0.2) is 0 Å². The van der Waals surface area contributed by atoms with Crippen molar-refractivity contribution in [2.45, 2.75) is 0 Å². The number of benzene rings is 1. The molecule has 0 fully saturated rings. The minimum Gasteiger partial charge on any atom is -0.355 e. The maximum Gasteiger partial charge on any atom is 0.307 e. The highest BCUT2D eigenvalue weighted by atomic mass is 19.1. The molecule has 0 spiro atoms. The fourth-order valence-corrected chi connectivity index (χ4v) is 0.985. The molecule has 0 bridgehead atoms. The molecule has 7 heteroatoms. The zero-order valence-corrected chi connectivity index (χ0v) is 7.58. The lowest BCUT2D eigenvalue weighted by Crippen LogP contribution is -2.19. The number of nitro benzene ring substituents is 1. The normalized spacial score (nSPS) is 9.80. The van der Waals surface area contributed by atoms with Crippen molar-refractivity contribution in [1.82, 2.24) is 5.32 Å². The number of nitro groups is 1. The molecular formula is C8H6F2N2O3. The van der Waals surface area contributed by atoms with E-state index >= 15 is 0 Å². The summed E-state index contributed by atoms with van der Waals surface area (Å²) in [7, 11) is 1.24. The molecule has 15 heavy (non-hydrogen) atoms. The predicted molar refractivity (Wildman–Crippen MR) is 46.4 cm³/mol. The van der Waals surface area contributed by atoms with E-state index < -0.39 is 33.7 Å². The van der Waals surface area contributed by atoms with Crippen LogP contribution in [0.1, 0.15) is 10.4 Å². The quantitative estimate of drug-likeness (QED) is 0.597. The number of amides is 1. The van der Waals surface area contributed by atoms with Gasteiger partial charge in [0.05, 0.1) is 16.6 Å². The van der Waals surface area contributed by atoms with E-state index in [0.29, 0.717) is 12.1 Å². The average molecular weight is 216 g/mol. The third-order valence-electron chi connectivity index (χ3n) is 1.70. The summed E-state index contributed by atoms with van der Waals surface area (Å²) in [6.07, 6.45) is 0. The topological polar surface area (TPSA) is 72.2 Å². The van der Waals surface area contributed by atoms with Crippen molar-refractivity contribution in [2.75, 3.05) is 7.05 Å². The Balaban J connectivity index is 3.31. The highest BCUT2D eigenvalue weighted by Crippen LogP contribution is 2.21. The Kier molecular flexibility index (Phi) is 2.93. The summed E-state index contributed by atoms with van der Waals surface area (Å²) in [5, 5.41) is 12.3. The van der Waals surface area contributed by atoms with Crippen LogP contribution in [0, 0.1) is 21.7 Å². The Hall–Kier alpha value is -2.05. The number of carbonyl (C=O) groups excluding carboxylic acids is 1. The number of halogens is 2. The van der Waals surface area contributed by atoms with Gasteiger partial charge in [-0.2, -0.15) is 4.39 Å². The molecule has 1 aromatic rings. The zero-order chi connectivity index (χ0) is 11.6. The van der Waals surface area contributed by atoms with Crippen LogP contribution in [0.2, 0.25) is 0 Å². The molecule has 0 unspecified atom stereocenters. The van der Waals surface area contributed by atoms with Gasteiger partial charge >= 0.3 is 5.69 Å². The Morgan fingerprint density at radius 3 is 2.47 bits per heavy atom. The van der Waals surface area contributed by atoms with Crippen LogP contribution in [0.15, 0.2) is 12.1 Å². The first kappa shape index (κ1) is 11.0. The molecule has 1 amide bonds. The SMILES string of the molecule is CNC(=O)c1cc(F)c([N+](=O)[O-])cc1F. The van der Waals surface area contributed by atoms with Crippen molar-refractivity contribution in [3.8, 4) is 0 Å². The maximum absolute atomic E-state index is 13.1. The van der Waals surface area contributed by atoms with Gasteiger partial charge in [-0.3, -0.25) is 14.9 Å². The fourth-order valence-electron chi connectivity index (χ4n) is 0.985. The maximum atomic E-state index is 13.1. The van der Waals surface area contributed by atoms with Crippen molar-refractivity contribution >= 4 is 11.6 Å². The lowest BCUT2D eigenvalue weighted by molar-refractivity contribution is -0.387. The molecule has 0 heterocycles. The molecule has 5 nitrogen and oxygen atoms in total. The predicted octanol–water partition coefficient (Wildman–Crippen LogP) is 1.23.